The second-order valence-electron chi connectivity index (χ2n) is 5.49. The van der Waals surface area contributed by atoms with E-state index in [1.54, 1.807) is 4.90 Å². The molecule has 2 aliphatic heterocycles. The van der Waals surface area contributed by atoms with E-state index in [1.165, 1.54) is 6.92 Å². The number of hydrogen-bond donors (Lipinski definition) is 1. The highest BCUT2D eigenvalue weighted by atomic mass is 16.6. The van der Waals surface area contributed by atoms with Gasteiger partial charge in [-0.1, -0.05) is 0 Å². The fourth-order valence-electron chi connectivity index (χ4n) is 2.17. The monoisotopic (exact) mass is 226 g/mol. The molecule has 2 saturated heterocycles. The largest absolute Gasteiger partial charge is 0.444 e. The Morgan fingerprint density at radius 3 is 2.50 bits per heavy atom. The molecule has 0 aliphatic carbocycles. The predicted octanol–water partition coefficient (Wildman–Crippen LogP) is 0.535. The highest BCUT2D eigenvalue weighted by Gasteiger charge is 2.56. The van der Waals surface area contributed by atoms with Gasteiger partial charge in [0, 0.05) is 12.6 Å². The van der Waals surface area contributed by atoms with Crippen LogP contribution in [0.1, 0.15) is 27.7 Å². The summed E-state index contributed by atoms with van der Waals surface area (Å²) in [6.07, 6.45) is -0.387. The van der Waals surface area contributed by atoms with E-state index in [2.05, 4.69) is 5.32 Å². The molecule has 2 rings (SSSR count). The predicted molar refractivity (Wildman–Crippen MR) is 58.1 cm³/mol. The maximum Gasteiger partial charge on any atom is 0.411 e. The Kier molecular flexibility index (Phi) is 2.45. The Morgan fingerprint density at radius 1 is 1.38 bits per heavy atom. The van der Waals surface area contributed by atoms with Crippen molar-refractivity contribution in [2.75, 3.05) is 6.54 Å². The van der Waals surface area contributed by atoms with Crippen LogP contribution in [0.15, 0.2) is 0 Å². The van der Waals surface area contributed by atoms with Crippen LogP contribution < -0.4 is 5.32 Å². The second kappa shape index (κ2) is 3.45. The maximum absolute atomic E-state index is 11.9. The van der Waals surface area contributed by atoms with Gasteiger partial charge in [-0.05, 0) is 27.7 Å². The average molecular weight is 226 g/mol. The number of fused-ring (bicyclic) bond motifs is 1. The van der Waals surface area contributed by atoms with Gasteiger partial charge < -0.3 is 10.1 Å². The summed E-state index contributed by atoms with van der Waals surface area (Å²) in [5.74, 6) is 0.0170. The highest BCUT2D eigenvalue weighted by molar-refractivity contribution is 5.88. The van der Waals surface area contributed by atoms with Crippen molar-refractivity contribution in [1.82, 2.24) is 10.2 Å². The third-order valence-corrected chi connectivity index (χ3v) is 2.84. The maximum atomic E-state index is 11.9. The zero-order valence-electron chi connectivity index (χ0n) is 10.1. The fourth-order valence-corrected chi connectivity index (χ4v) is 2.17. The third kappa shape index (κ3) is 2.04. The SMILES string of the molecule is CC(=O)[C@@H]1[C@@H]2N[C@@H]2CN1C(=O)OC(C)(C)C. The van der Waals surface area contributed by atoms with Crippen molar-refractivity contribution in [1.29, 1.82) is 0 Å². The molecule has 0 saturated carbocycles. The minimum Gasteiger partial charge on any atom is -0.444 e. The van der Waals surface area contributed by atoms with Crippen LogP contribution in [0.5, 0.6) is 0 Å². The van der Waals surface area contributed by atoms with E-state index in [0.29, 0.717) is 6.54 Å². The summed E-state index contributed by atoms with van der Waals surface area (Å²) >= 11 is 0. The Labute approximate surface area is 95.1 Å². The molecule has 0 radical (unpaired) electrons. The van der Waals surface area contributed by atoms with Crippen LogP contribution in [-0.2, 0) is 9.53 Å². The van der Waals surface area contributed by atoms with Crippen LogP contribution in [0.25, 0.3) is 0 Å². The van der Waals surface area contributed by atoms with Gasteiger partial charge in [0.1, 0.15) is 11.6 Å². The van der Waals surface area contributed by atoms with Gasteiger partial charge in [0.05, 0.1) is 6.04 Å². The van der Waals surface area contributed by atoms with Crippen molar-refractivity contribution in [3.63, 3.8) is 0 Å². The number of piperazine rings is 1. The number of carbonyl (C=O) groups excluding carboxylic acids is 2. The highest BCUT2D eigenvalue weighted by Crippen LogP contribution is 2.30. The molecule has 0 spiro atoms. The van der Waals surface area contributed by atoms with Crippen molar-refractivity contribution in [2.45, 2.75) is 51.4 Å². The summed E-state index contributed by atoms with van der Waals surface area (Å²) in [5.41, 5.74) is -0.515. The number of carbonyl (C=O) groups is 2. The molecule has 5 heteroatoms. The Bertz CT molecular complexity index is 335. The summed E-state index contributed by atoms with van der Waals surface area (Å²) in [6, 6.07) is 0.0753. The summed E-state index contributed by atoms with van der Waals surface area (Å²) in [6.45, 7) is 7.56. The molecule has 2 aliphatic rings. The number of Topliss-reactive ketones (excluding diaryl/α,β-unsaturated/α-hetero) is 1. The van der Waals surface area contributed by atoms with E-state index in [4.69, 9.17) is 4.74 Å². The fraction of sp³-hybridized carbons (Fsp3) is 0.818. The lowest BCUT2D eigenvalue weighted by molar-refractivity contribution is -0.121. The summed E-state index contributed by atoms with van der Waals surface area (Å²) in [7, 11) is 0. The molecule has 1 amide bonds. The van der Waals surface area contributed by atoms with Gasteiger partial charge in [-0.25, -0.2) is 4.79 Å². The minimum absolute atomic E-state index is 0.0170. The number of amides is 1. The summed E-state index contributed by atoms with van der Waals surface area (Å²) < 4.78 is 5.28. The molecule has 2 fully saturated rings. The van der Waals surface area contributed by atoms with E-state index in [9.17, 15) is 9.59 Å². The Morgan fingerprint density at radius 2 is 2.00 bits per heavy atom. The topological polar surface area (TPSA) is 68.6 Å². The van der Waals surface area contributed by atoms with Crippen LogP contribution in [0.4, 0.5) is 4.79 Å². The number of ketones is 1. The number of ether oxygens (including phenoxy) is 1. The van der Waals surface area contributed by atoms with Gasteiger partial charge in [-0.2, -0.15) is 0 Å². The van der Waals surface area contributed by atoms with E-state index < -0.39 is 5.60 Å². The van der Waals surface area contributed by atoms with Crippen molar-refractivity contribution in [3.8, 4) is 0 Å². The molecule has 0 aromatic heterocycles. The molecule has 0 aromatic rings. The quantitative estimate of drug-likeness (QED) is 0.662. The molecule has 90 valence electrons. The molecule has 5 nitrogen and oxygen atoms in total. The van der Waals surface area contributed by atoms with Crippen LogP contribution >= 0.6 is 0 Å². The van der Waals surface area contributed by atoms with Gasteiger partial charge in [0.2, 0.25) is 0 Å². The zero-order valence-corrected chi connectivity index (χ0v) is 10.1. The Balaban J connectivity index is 2.04. The van der Waals surface area contributed by atoms with Gasteiger partial charge >= 0.3 is 6.09 Å². The third-order valence-electron chi connectivity index (χ3n) is 2.84. The molecule has 0 bridgehead atoms. The molecule has 1 N–H and O–H groups in total. The number of nitrogens with one attached hydrogen (secondary N) is 1. The lowest BCUT2D eigenvalue weighted by Gasteiger charge is -2.29. The van der Waals surface area contributed by atoms with Crippen molar-refractivity contribution < 1.29 is 14.3 Å². The van der Waals surface area contributed by atoms with Gasteiger partial charge in [-0.3, -0.25) is 9.69 Å². The summed E-state index contributed by atoms with van der Waals surface area (Å²) in [5, 5.41) is 3.18. The lowest BCUT2D eigenvalue weighted by Crippen LogP contribution is -2.47. The summed E-state index contributed by atoms with van der Waals surface area (Å²) in [4.78, 5) is 24.9. The lowest BCUT2D eigenvalue weighted by atomic mass is 10.1. The first kappa shape index (κ1) is 11.4. The van der Waals surface area contributed by atoms with E-state index >= 15 is 0 Å². The van der Waals surface area contributed by atoms with Crippen LogP contribution in [0, 0.1) is 0 Å². The van der Waals surface area contributed by atoms with Gasteiger partial charge in [0.15, 0.2) is 5.78 Å². The zero-order chi connectivity index (χ0) is 12.1. The molecule has 0 aromatic carbocycles. The van der Waals surface area contributed by atoms with Crippen LogP contribution in [0.3, 0.4) is 0 Å². The smallest absolute Gasteiger partial charge is 0.411 e. The minimum atomic E-state index is -0.515. The first-order valence-electron chi connectivity index (χ1n) is 5.56. The molecule has 3 atom stereocenters. The van der Waals surface area contributed by atoms with Crippen molar-refractivity contribution in [3.05, 3.63) is 0 Å². The van der Waals surface area contributed by atoms with Gasteiger partial charge in [0.25, 0.3) is 0 Å². The normalized spacial score (nSPS) is 32.2. The van der Waals surface area contributed by atoms with Crippen LogP contribution in [-0.4, -0.2) is 47.0 Å². The van der Waals surface area contributed by atoms with E-state index in [1.807, 2.05) is 20.8 Å². The standard InChI is InChI=1S/C11H18N2O3/c1-6(14)9-8-7(12-8)5-13(9)10(15)16-11(2,3)4/h7-9,12H,5H2,1-4H3/t7-,8-,9-/m1/s1. The van der Waals surface area contributed by atoms with Crippen molar-refractivity contribution in [2.24, 2.45) is 0 Å². The van der Waals surface area contributed by atoms with Crippen LogP contribution in [0.2, 0.25) is 0 Å². The molecule has 2 heterocycles. The Hall–Kier alpha value is -1.10. The molecular formula is C11H18N2O3. The average Bonchev–Trinajstić information content (AvgIpc) is 2.73. The molecule has 0 unspecified atom stereocenters. The van der Waals surface area contributed by atoms with Gasteiger partial charge in [-0.15, -0.1) is 0 Å². The first-order chi connectivity index (χ1) is 7.29. The van der Waals surface area contributed by atoms with E-state index in [-0.39, 0.29) is 30.0 Å². The van der Waals surface area contributed by atoms with E-state index in [0.717, 1.165) is 0 Å². The molecule has 16 heavy (non-hydrogen) atoms. The molecular weight excluding hydrogens is 208 g/mol. The number of hydrogen-bond acceptors (Lipinski definition) is 4. The first-order valence-corrected chi connectivity index (χ1v) is 5.56. The second-order valence-corrected chi connectivity index (χ2v) is 5.49. The number of nitrogens with zero attached hydrogens (tertiary/aromatic N) is 1. The van der Waals surface area contributed by atoms with Crippen molar-refractivity contribution >= 4 is 11.9 Å². The number of rotatable bonds is 1. The number of likely N-dealkylation sites (tertiary alicyclic amines) is 1.